The van der Waals surface area contributed by atoms with E-state index in [-0.39, 0.29) is 5.91 Å². The van der Waals surface area contributed by atoms with Gasteiger partial charge in [0, 0.05) is 43.8 Å². The van der Waals surface area contributed by atoms with E-state index in [1.165, 1.54) is 6.92 Å². The Morgan fingerprint density at radius 2 is 1.48 bits per heavy atom. The van der Waals surface area contributed by atoms with E-state index < -0.39 is 0 Å². The van der Waals surface area contributed by atoms with E-state index in [1.54, 1.807) is 6.20 Å². The predicted molar refractivity (Wildman–Crippen MR) is 108 cm³/mol. The lowest BCUT2D eigenvalue weighted by Gasteiger charge is -2.13. The first-order valence-corrected chi connectivity index (χ1v) is 8.38. The van der Waals surface area contributed by atoms with Crippen LogP contribution in [0.4, 0.5) is 34.5 Å². The average molecular weight is 363 g/mol. The molecule has 27 heavy (non-hydrogen) atoms. The Hall–Kier alpha value is -3.68. The van der Waals surface area contributed by atoms with Crippen molar-refractivity contribution in [2.45, 2.75) is 6.92 Å². The maximum atomic E-state index is 11.1. The van der Waals surface area contributed by atoms with Crippen LogP contribution in [0.25, 0.3) is 0 Å². The van der Waals surface area contributed by atoms with Gasteiger partial charge in [-0.3, -0.25) is 4.79 Å². The molecular weight excluding hydrogens is 342 g/mol. The predicted octanol–water partition coefficient (Wildman–Crippen LogP) is 3.38. The molecule has 0 aliphatic carbocycles. The van der Waals surface area contributed by atoms with Gasteiger partial charge in [0.05, 0.1) is 6.20 Å². The number of hydrogen-bond donors (Lipinski definition) is 3. The fourth-order valence-electron chi connectivity index (χ4n) is 2.38. The molecule has 3 rings (SSSR count). The first-order valence-electron chi connectivity index (χ1n) is 8.38. The molecule has 0 unspecified atom stereocenters. The summed E-state index contributed by atoms with van der Waals surface area (Å²) >= 11 is 0. The van der Waals surface area contributed by atoms with Crippen LogP contribution < -0.4 is 20.9 Å². The van der Waals surface area contributed by atoms with E-state index in [0.29, 0.717) is 11.8 Å². The summed E-state index contributed by atoms with van der Waals surface area (Å²) in [6.07, 6.45) is 1.54. The summed E-state index contributed by atoms with van der Waals surface area (Å²) in [6, 6.07) is 15.2. The summed E-state index contributed by atoms with van der Waals surface area (Å²) in [5, 5.41) is 17.0. The number of anilines is 6. The molecule has 0 aliphatic heterocycles. The number of rotatable bonds is 6. The molecule has 2 aromatic carbocycles. The van der Waals surface area contributed by atoms with Crippen LogP contribution in [0.15, 0.2) is 54.7 Å². The molecule has 1 heterocycles. The molecule has 0 radical (unpaired) electrons. The second kappa shape index (κ2) is 8.13. The lowest BCUT2D eigenvalue weighted by atomic mass is 10.2. The van der Waals surface area contributed by atoms with E-state index in [9.17, 15) is 4.79 Å². The van der Waals surface area contributed by atoms with E-state index >= 15 is 0 Å². The first-order chi connectivity index (χ1) is 13.0. The van der Waals surface area contributed by atoms with Crippen molar-refractivity contribution in [3.63, 3.8) is 0 Å². The Kier molecular flexibility index (Phi) is 5.46. The van der Waals surface area contributed by atoms with Crippen LogP contribution in [0.2, 0.25) is 0 Å². The van der Waals surface area contributed by atoms with Gasteiger partial charge in [0.1, 0.15) is 0 Å². The van der Waals surface area contributed by atoms with Crippen molar-refractivity contribution in [2.75, 3.05) is 34.9 Å². The average Bonchev–Trinajstić information content (AvgIpc) is 2.64. The second-order valence-electron chi connectivity index (χ2n) is 6.12. The molecule has 8 nitrogen and oxygen atoms in total. The highest BCUT2D eigenvalue weighted by atomic mass is 16.1. The van der Waals surface area contributed by atoms with Crippen molar-refractivity contribution in [3.05, 3.63) is 54.7 Å². The normalized spacial score (nSPS) is 10.2. The number of nitrogens with zero attached hydrogens (tertiary/aromatic N) is 4. The molecule has 0 saturated carbocycles. The van der Waals surface area contributed by atoms with E-state index in [1.807, 2.05) is 67.5 Å². The zero-order valence-electron chi connectivity index (χ0n) is 15.4. The van der Waals surface area contributed by atoms with E-state index in [0.717, 1.165) is 22.7 Å². The van der Waals surface area contributed by atoms with Crippen molar-refractivity contribution >= 4 is 40.4 Å². The lowest BCUT2D eigenvalue weighted by molar-refractivity contribution is -0.114. The van der Waals surface area contributed by atoms with Crippen LogP contribution in [0, 0.1) is 0 Å². The maximum Gasteiger partial charge on any atom is 0.249 e. The van der Waals surface area contributed by atoms with Gasteiger partial charge in [0.25, 0.3) is 0 Å². The van der Waals surface area contributed by atoms with Crippen LogP contribution in [-0.2, 0) is 4.79 Å². The lowest BCUT2D eigenvalue weighted by Crippen LogP contribution is -2.08. The van der Waals surface area contributed by atoms with Crippen molar-refractivity contribution in [3.8, 4) is 0 Å². The smallest absolute Gasteiger partial charge is 0.249 e. The molecule has 0 spiro atoms. The number of amides is 1. The van der Waals surface area contributed by atoms with Gasteiger partial charge in [0.15, 0.2) is 5.82 Å². The SMILES string of the molecule is CC(=O)Nc1ccc(Nc2cnnc(Nc3ccc(N(C)C)cc3)n2)cc1. The van der Waals surface area contributed by atoms with Crippen LogP contribution in [0.3, 0.4) is 0 Å². The largest absolute Gasteiger partial charge is 0.378 e. The quantitative estimate of drug-likeness (QED) is 0.618. The molecule has 3 N–H and O–H groups in total. The van der Waals surface area contributed by atoms with Gasteiger partial charge in [-0.1, -0.05) is 0 Å². The summed E-state index contributed by atoms with van der Waals surface area (Å²) in [4.78, 5) is 17.5. The summed E-state index contributed by atoms with van der Waals surface area (Å²) in [5.74, 6) is 0.849. The molecule has 1 aromatic heterocycles. The number of aromatic nitrogens is 3. The fourth-order valence-corrected chi connectivity index (χ4v) is 2.38. The Morgan fingerprint density at radius 1 is 0.889 bits per heavy atom. The minimum atomic E-state index is -0.106. The van der Waals surface area contributed by atoms with E-state index in [2.05, 4.69) is 31.1 Å². The van der Waals surface area contributed by atoms with Gasteiger partial charge in [-0.25, -0.2) is 0 Å². The molecular formula is C19H21N7O. The van der Waals surface area contributed by atoms with Crippen molar-refractivity contribution < 1.29 is 4.79 Å². The minimum Gasteiger partial charge on any atom is -0.378 e. The van der Waals surface area contributed by atoms with Crippen LogP contribution in [0.5, 0.6) is 0 Å². The van der Waals surface area contributed by atoms with Gasteiger partial charge in [-0.2, -0.15) is 10.1 Å². The van der Waals surface area contributed by atoms with Crippen LogP contribution in [0.1, 0.15) is 6.92 Å². The van der Waals surface area contributed by atoms with Crippen LogP contribution >= 0.6 is 0 Å². The Balaban J connectivity index is 1.67. The molecule has 0 saturated heterocycles. The summed E-state index contributed by atoms with van der Waals surface area (Å²) in [7, 11) is 3.99. The topological polar surface area (TPSA) is 95.1 Å². The highest BCUT2D eigenvalue weighted by Crippen LogP contribution is 2.20. The molecule has 8 heteroatoms. The van der Waals surface area contributed by atoms with Crippen molar-refractivity contribution in [1.29, 1.82) is 0 Å². The molecule has 0 bridgehead atoms. The monoisotopic (exact) mass is 363 g/mol. The zero-order chi connectivity index (χ0) is 19.2. The molecule has 1 amide bonds. The zero-order valence-corrected chi connectivity index (χ0v) is 15.4. The second-order valence-corrected chi connectivity index (χ2v) is 6.12. The number of carbonyl (C=O) groups excluding carboxylic acids is 1. The summed E-state index contributed by atoms with van der Waals surface area (Å²) in [5.41, 5.74) is 3.54. The minimum absolute atomic E-state index is 0.106. The van der Waals surface area contributed by atoms with Crippen LogP contribution in [-0.4, -0.2) is 35.2 Å². The molecule has 138 valence electrons. The van der Waals surface area contributed by atoms with Crippen molar-refractivity contribution in [2.24, 2.45) is 0 Å². The number of hydrogen-bond acceptors (Lipinski definition) is 7. The highest BCUT2D eigenvalue weighted by molar-refractivity contribution is 5.88. The first kappa shape index (κ1) is 18.1. The molecule has 0 aliphatic rings. The molecule has 3 aromatic rings. The van der Waals surface area contributed by atoms with Gasteiger partial charge in [0.2, 0.25) is 11.9 Å². The van der Waals surface area contributed by atoms with Gasteiger partial charge < -0.3 is 20.9 Å². The molecule has 0 fully saturated rings. The van der Waals surface area contributed by atoms with Gasteiger partial charge in [-0.05, 0) is 48.5 Å². The fraction of sp³-hybridized carbons (Fsp3) is 0.158. The maximum absolute atomic E-state index is 11.1. The number of nitrogens with one attached hydrogen (secondary N) is 3. The van der Waals surface area contributed by atoms with Crippen molar-refractivity contribution in [1.82, 2.24) is 15.2 Å². The van der Waals surface area contributed by atoms with Gasteiger partial charge in [-0.15, -0.1) is 5.10 Å². The number of carbonyl (C=O) groups is 1. The number of benzene rings is 2. The van der Waals surface area contributed by atoms with Gasteiger partial charge >= 0.3 is 0 Å². The molecule has 0 atom stereocenters. The Morgan fingerprint density at radius 3 is 2.11 bits per heavy atom. The summed E-state index contributed by atoms with van der Waals surface area (Å²) in [6.45, 7) is 1.47. The van der Waals surface area contributed by atoms with E-state index in [4.69, 9.17) is 0 Å². The standard InChI is InChI=1S/C19H21N7O/c1-13(27)21-14-4-6-15(7-5-14)22-18-12-20-25-19(24-18)23-16-8-10-17(11-9-16)26(2)3/h4-12H,1-3H3,(H,21,27)(H2,22,23,24,25). The third-order valence-corrected chi connectivity index (χ3v) is 3.68. The third-order valence-electron chi connectivity index (χ3n) is 3.68. The Bertz CT molecular complexity index is 908. The highest BCUT2D eigenvalue weighted by Gasteiger charge is 2.03. The Labute approximate surface area is 157 Å². The summed E-state index contributed by atoms with van der Waals surface area (Å²) < 4.78 is 0. The third kappa shape index (κ3) is 5.15.